The highest BCUT2D eigenvalue weighted by Gasteiger charge is 2.26. The van der Waals surface area contributed by atoms with Crippen molar-refractivity contribution in [1.29, 1.82) is 0 Å². The second kappa shape index (κ2) is 4.35. The van der Waals surface area contributed by atoms with Gasteiger partial charge < -0.3 is 9.85 Å². The monoisotopic (exact) mass is 321 g/mol. The molecular weight excluding hydrogens is 308 g/mol. The van der Waals surface area contributed by atoms with Crippen LogP contribution in [-0.4, -0.2) is 13.1 Å². The summed E-state index contributed by atoms with van der Waals surface area (Å²) in [6.45, 7) is 1.02. The lowest BCUT2D eigenvalue weighted by atomic mass is 10.1. The Kier molecular flexibility index (Phi) is 3.27. The SMILES string of the molecule is [O-][N+]1(c2ccc(I)cc2F)CCCCC1. The van der Waals surface area contributed by atoms with Gasteiger partial charge in [-0.1, -0.05) is 0 Å². The maximum absolute atomic E-state index is 13.7. The molecule has 82 valence electrons. The first-order chi connectivity index (χ1) is 7.12. The molecular formula is C11H13FINO. The Hall–Kier alpha value is -0.200. The van der Waals surface area contributed by atoms with Crippen molar-refractivity contribution in [3.63, 3.8) is 0 Å². The lowest BCUT2D eigenvalue weighted by molar-refractivity contribution is 0.298. The molecule has 0 radical (unpaired) electrons. The maximum Gasteiger partial charge on any atom is 0.185 e. The van der Waals surface area contributed by atoms with E-state index in [-0.39, 0.29) is 5.82 Å². The topological polar surface area (TPSA) is 23.1 Å². The number of rotatable bonds is 1. The summed E-state index contributed by atoms with van der Waals surface area (Å²) in [7, 11) is 0. The molecule has 1 aromatic rings. The number of hydrogen-bond donors (Lipinski definition) is 0. The number of benzene rings is 1. The van der Waals surface area contributed by atoms with Gasteiger partial charge in [-0.25, -0.2) is 4.39 Å². The lowest BCUT2D eigenvalue weighted by Crippen LogP contribution is -2.47. The van der Waals surface area contributed by atoms with Crippen molar-refractivity contribution in [3.05, 3.63) is 32.8 Å². The molecule has 0 aromatic heterocycles. The molecule has 0 unspecified atom stereocenters. The minimum Gasteiger partial charge on any atom is -0.627 e. The van der Waals surface area contributed by atoms with Crippen LogP contribution in [0.4, 0.5) is 10.1 Å². The molecule has 1 aromatic carbocycles. The van der Waals surface area contributed by atoms with Crippen LogP contribution in [0.2, 0.25) is 0 Å². The molecule has 1 aliphatic rings. The van der Waals surface area contributed by atoms with Crippen molar-refractivity contribution in [3.8, 4) is 0 Å². The van der Waals surface area contributed by atoms with E-state index in [1.165, 1.54) is 6.07 Å². The largest absolute Gasteiger partial charge is 0.627 e. The zero-order valence-corrected chi connectivity index (χ0v) is 10.5. The van der Waals surface area contributed by atoms with Crippen molar-refractivity contribution in [2.24, 2.45) is 0 Å². The van der Waals surface area contributed by atoms with Gasteiger partial charge in [0.05, 0.1) is 13.1 Å². The van der Waals surface area contributed by atoms with E-state index in [0.29, 0.717) is 18.8 Å². The molecule has 4 heteroatoms. The average Bonchev–Trinajstić information content (AvgIpc) is 2.18. The Morgan fingerprint density at radius 1 is 1.20 bits per heavy atom. The van der Waals surface area contributed by atoms with Gasteiger partial charge in [-0.2, -0.15) is 0 Å². The van der Waals surface area contributed by atoms with Gasteiger partial charge in [-0.3, -0.25) is 0 Å². The van der Waals surface area contributed by atoms with Gasteiger partial charge in [0.2, 0.25) is 0 Å². The quantitative estimate of drug-likeness (QED) is 0.442. The van der Waals surface area contributed by atoms with Crippen molar-refractivity contribution >= 4 is 28.3 Å². The van der Waals surface area contributed by atoms with Gasteiger partial charge in [0, 0.05) is 9.64 Å². The molecule has 0 N–H and O–H groups in total. The van der Waals surface area contributed by atoms with E-state index in [0.717, 1.165) is 22.8 Å². The highest BCUT2D eigenvalue weighted by molar-refractivity contribution is 14.1. The normalized spacial score (nSPS) is 20.2. The third-order valence-corrected chi connectivity index (χ3v) is 3.56. The minimum atomic E-state index is -0.483. The highest BCUT2D eigenvalue weighted by atomic mass is 127. The smallest absolute Gasteiger partial charge is 0.185 e. The number of quaternary nitrogens is 1. The number of hydroxylamine groups is 2. The van der Waals surface area contributed by atoms with E-state index in [4.69, 9.17) is 0 Å². The molecule has 0 spiro atoms. The molecule has 1 heterocycles. The molecule has 0 aliphatic carbocycles. The summed E-state index contributed by atoms with van der Waals surface area (Å²) in [5.74, 6) is -0.362. The van der Waals surface area contributed by atoms with Crippen LogP contribution in [-0.2, 0) is 0 Å². The first-order valence-corrected chi connectivity index (χ1v) is 6.23. The second-order valence-corrected chi connectivity index (χ2v) is 5.24. The van der Waals surface area contributed by atoms with Gasteiger partial charge in [0.1, 0.15) is 0 Å². The Bertz CT molecular complexity index is 364. The first-order valence-electron chi connectivity index (χ1n) is 5.15. The van der Waals surface area contributed by atoms with Crippen molar-refractivity contribution in [2.45, 2.75) is 19.3 Å². The van der Waals surface area contributed by atoms with Crippen LogP contribution >= 0.6 is 22.6 Å². The van der Waals surface area contributed by atoms with Crippen molar-refractivity contribution in [2.75, 3.05) is 13.1 Å². The Morgan fingerprint density at radius 3 is 2.47 bits per heavy atom. The summed E-state index contributed by atoms with van der Waals surface area (Å²) in [4.78, 5) is 0. The lowest BCUT2D eigenvalue weighted by Gasteiger charge is -2.44. The van der Waals surface area contributed by atoms with E-state index in [1.54, 1.807) is 12.1 Å². The molecule has 0 bridgehead atoms. The molecule has 0 amide bonds. The molecule has 0 saturated carbocycles. The number of hydrogen-bond acceptors (Lipinski definition) is 1. The summed E-state index contributed by atoms with van der Waals surface area (Å²) in [5, 5.41) is 12.4. The summed E-state index contributed by atoms with van der Waals surface area (Å²) in [6.07, 6.45) is 2.89. The van der Waals surface area contributed by atoms with E-state index in [9.17, 15) is 9.60 Å². The van der Waals surface area contributed by atoms with Crippen LogP contribution in [0, 0.1) is 14.6 Å². The van der Waals surface area contributed by atoms with Gasteiger partial charge in [0.25, 0.3) is 0 Å². The Labute approximate surface area is 102 Å². The van der Waals surface area contributed by atoms with Crippen LogP contribution in [0.25, 0.3) is 0 Å². The zero-order chi connectivity index (χ0) is 10.9. The molecule has 1 saturated heterocycles. The summed E-state index contributed by atoms with van der Waals surface area (Å²) >= 11 is 2.05. The fraction of sp³-hybridized carbons (Fsp3) is 0.455. The second-order valence-electron chi connectivity index (χ2n) is 3.99. The Balaban J connectivity index is 2.35. The highest BCUT2D eigenvalue weighted by Crippen LogP contribution is 2.30. The maximum atomic E-state index is 13.7. The fourth-order valence-electron chi connectivity index (χ4n) is 2.08. The van der Waals surface area contributed by atoms with Crippen molar-refractivity contribution in [1.82, 2.24) is 4.65 Å². The molecule has 15 heavy (non-hydrogen) atoms. The standard InChI is InChI=1S/C11H13FINO/c12-10-8-9(13)4-5-11(10)14(15)6-2-1-3-7-14/h4-5,8H,1-3,6-7H2. The average molecular weight is 321 g/mol. The number of nitrogens with zero attached hydrogens (tertiary/aromatic N) is 1. The van der Waals surface area contributed by atoms with Crippen LogP contribution in [0.3, 0.4) is 0 Å². The zero-order valence-electron chi connectivity index (χ0n) is 8.38. The van der Waals surface area contributed by atoms with E-state index in [1.807, 2.05) is 22.6 Å². The van der Waals surface area contributed by atoms with Gasteiger partial charge in [-0.05, 0) is 54.0 Å². The summed E-state index contributed by atoms with van der Waals surface area (Å²) in [6, 6.07) is 4.86. The molecule has 1 aliphatic heterocycles. The fourth-order valence-corrected chi connectivity index (χ4v) is 2.53. The van der Waals surface area contributed by atoms with Crippen LogP contribution in [0.5, 0.6) is 0 Å². The third-order valence-electron chi connectivity index (χ3n) is 2.89. The molecule has 2 rings (SSSR count). The van der Waals surface area contributed by atoms with Crippen LogP contribution in [0.15, 0.2) is 18.2 Å². The van der Waals surface area contributed by atoms with Crippen LogP contribution in [0.1, 0.15) is 19.3 Å². The molecule has 1 fully saturated rings. The van der Waals surface area contributed by atoms with E-state index < -0.39 is 4.65 Å². The van der Waals surface area contributed by atoms with Gasteiger partial charge in [0.15, 0.2) is 11.5 Å². The molecule has 2 nitrogen and oxygen atoms in total. The minimum absolute atomic E-state index is 0.301. The summed E-state index contributed by atoms with van der Waals surface area (Å²) in [5.41, 5.74) is 0.301. The van der Waals surface area contributed by atoms with Gasteiger partial charge >= 0.3 is 0 Å². The first kappa shape index (κ1) is 11.3. The molecule has 0 atom stereocenters. The van der Waals surface area contributed by atoms with Crippen LogP contribution < -0.4 is 4.65 Å². The van der Waals surface area contributed by atoms with E-state index >= 15 is 0 Å². The predicted molar refractivity (Wildman–Crippen MR) is 67.9 cm³/mol. The van der Waals surface area contributed by atoms with E-state index in [2.05, 4.69) is 0 Å². The van der Waals surface area contributed by atoms with Gasteiger partial charge in [-0.15, -0.1) is 0 Å². The predicted octanol–water partition coefficient (Wildman–Crippen LogP) is 3.42. The third kappa shape index (κ3) is 2.32. The Morgan fingerprint density at radius 2 is 1.87 bits per heavy atom. The van der Waals surface area contributed by atoms with Crippen molar-refractivity contribution < 1.29 is 4.39 Å². The number of piperidine rings is 1. The number of halogens is 2. The summed E-state index contributed by atoms with van der Waals surface area (Å²) < 4.78 is 14.0.